The lowest BCUT2D eigenvalue weighted by Gasteiger charge is -2.23. The molecule has 2 saturated heterocycles. The molecule has 5 heteroatoms. The predicted molar refractivity (Wildman–Crippen MR) is 71.3 cm³/mol. The summed E-state index contributed by atoms with van der Waals surface area (Å²) >= 11 is 1.81. The number of nitrogens with one attached hydrogen (secondary N) is 2. The van der Waals surface area contributed by atoms with Gasteiger partial charge in [0.15, 0.2) is 0 Å². The third-order valence-corrected chi connectivity index (χ3v) is 4.56. The standard InChI is InChI=1S/C11H20N2OS.ClH/c14-11(10-4-2-6-15-10)13-8-9-3-1-5-12-7-9;/h9-10,12H,1-8H2,(H,13,14);1H. The van der Waals surface area contributed by atoms with E-state index in [0.29, 0.717) is 5.92 Å². The molecule has 0 aromatic carbocycles. The maximum atomic E-state index is 11.7. The molecule has 2 aliphatic heterocycles. The summed E-state index contributed by atoms with van der Waals surface area (Å²) in [7, 11) is 0. The SMILES string of the molecule is Cl.O=C(NCC1CCCNC1)C1CCCS1. The van der Waals surface area contributed by atoms with E-state index < -0.39 is 0 Å². The monoisotopic (exact) mass is 264 g/mol. The first-order valence-electron chi connectivity index (χ1n) is 5.96. The maximum Gasteiger partial charge on any atom is 0.233 e. The number of carbonyl (C=O) groups excluding carboxylic acids is 1. The van der Waals surface area contributed by atoms with Crippen LogP contribution in [0, 0.1) is 5.92 Å². The third-order valence-electron chi connectivity index (χ3n) is 3.19. The van der Waals surface area contributed by atoms with Crippen molar-refractivity contribution in [2.45, 2.75) is 30.9 Å². The van der Waals surface area contributed by atoms with E-state index >= 15 is 0 Å². The minimum atomic E-state index is 0. The topological polar surface area (TPSA) is 41.1 Å². The zero-order chi connectivity index (χ0) is 10.5. The summed E-state index contributed by atoms with van der Waals surface area (Å²) in [5.74, 6) is 2.07. The Balaban J connectivity index is 0.00000128. The molecule has 16 heavy (non-hydrogen) atoms. The number of thioether (sulfide) groups is 1. The van der Waals surface area contributed by atoms with Gasteiger partial charge in [-0.05, 0) is 50.4 Å². The van der Waals surface area contributed by atoms with Gasteiger partial charge in [0.25, 0.3) is 0 Å². The Hall–Kier alpha value is 0.0700. The van der Waals surface area contributed by atoms with Gasteiger partial charge in [-0.1, -0.05) is 0 Å². The molecule has 3 nitrogen and oxygen atoms in total. The summed E-state index contributed by atoms with van der Waals surface area (Å²) in [5.41, 5.74) is 0. The zero-order valence-corrected chi connectivity index (χ0v) is 11.2. The minimum Gasteiger partial charge on any atom is -0.355 e. The molecule has 2 aliphatic rings. The lowest BCUT2D eigenvalue weighted by Crippen LogP contribution is -2.40. The highest BCUT2D eigenvalue weighted by Crippen LogP contribution is 2.26. The summed E-state index contributed by atoms with van der Waals surface area (Å²) in [6, 6.07) is 0. The van der Waals surface area contributed by atoms with Crippen LogP contribution in [0.5, 0.6) is 0 Å². The van der Waals surface area contributed by atoms with Crippen LogP contribution in [-0.4, -0.2) is 36.5 Å². The molecule has 2 heterocycles. The smallest absolute Gasteiger partial charge is 0.233 e. The van der Waals surface area contributed by atoms with Crippen molar-refractivity contribution < 1.29 is 4.79 Å². The minimum absolute atomic E-state index is 0. The van der Waals surface area contributed by atoms with Crippen molar-refractivity contribution in [3.8, 4) is 0 Å². The highest BCUT2D eigenvalue weighted by Gasteiger charge is 2.23. The first-order chi connectivity index (χ1) is 7.36. The molecule has 0 saturated carbocycles. The average Bonchev–Trinajstić information content (AvgIpc) is 2.81. The number of hydrogen-bond acceptors (Lipinski definition) is 3. The molecule has 2 fully saturated rings. The molecule has 0 aliphatic carbocycles. The fourth-order valence-electron chi connectivity index (χ4n) is 2.24. The van der Waals surface area contributed by atoms with Gasteiger partial charge in [-0.3, -0.25) is 4.79 Å². The number of halogens is 1. The van der Waals surface area contributed by atoms with Crippen LogP contribution >= 0.6 is 24.2 Å². The van der Waals surface area contributed by atoms with Crippen LogP contribution in [0.4, 0.5) is 0 Å². The van der Waals surface area contributed by atoms with Crippen molar-refractivity contribution in [1.82, 2.24) is 10.6 Å². The summed E-state index contributed by atoms with van der Waals surface area (Å²) in [5, 5.41) is 6.70. The molecule has 0 bridgehead atoms. The van der Waals surface area contributed by atoms with Gasteiger partial charge in [-0.15, -0.1) is 24.2 Å². The van der Waals surface area contributed by atoms with Crippen molar-refractivity contribution in [2.24, 2.45) is 5.92 Å². The summed E-state index contributed by atoms with van der Waals surface area (Å²) < 4.78 is 0. The van der Waals surface area contributed by atoms with Crippen LogP contribution in [-0.2, 0) is 4.79 Å². The van der Waals surface area contributed by atoms with E-state index in [1.165, 1.54) is 19.3 Å². The second-order valence-corrected chi connectivity index (χ2v) is 5.77. The lowest BCUT2D eigenvalue weighted by molar-refractivity contribution is -0.120. The second-order valence-electron chi connectivity index (χ2n) is 4.46. The molecule has 2 N–H and O–H groups in total. The molecule has 0 aromatic heterocycles. The van der Waals surface area contributed by atoms with Crippen molar-refractivity contribution in [3.05, 3.63) is 0 Å². The third kappa shape index (κ3) is 4.15. The van der Waals surface area contributed by atoms with Crippen molar-refractivity contribution >= 4 is 30.1 Å². The van der Waals surface area contributed by atoms with Crippen molar-refractivity contribution in [1.29, 1.82) is 0 Å². The highest BCUT2D eigenvalue weighted by atomic mass is 35.5. The van der Waals surface area contributed by atoms with Gasteiger partial charge in [-0.25, -0.2) is 0 Å². The molecule has 0 spiro atoms. The zero-order valence-electron chi connectivity index (χ0n) is 9.54. The molecule has 0 radical (unpaired) electrons. The quantitative estimate of drug-likeness (QED) is 0.810. The molecule has 0 aromatic rings. The number of amides is 1. The van der Waals surface area contributed by atoms with Crippen LogP contribution in [0.3, 0.4) is 0 Å². The van der Waals surface area contributed by atoms with Gasteiger partial charge in [0.05, 0.1) is 5.25 Å². The second kappa shape index (κ2) is 7.41. The van der Waals surface area contributed by atoms with E-state index in [1.54, 1.807) is 0 Å². The van der Waals surface area contributed by atoms with E-state index in [-0.39, 0.29) is 23.6 Å². The van der Waals surface area contributed by atoms with E-state index in [9.17, 15) is 4.79 Å². The van der Waals surface area contributed by atoms with E-state index in [4.69, 9.17) is 0 Å². The Morgan fingerprint density at radius 3 is 2.88 bits per heavy atom. The van der Waals surface area contributed by atoms with Gasteiger partial charge in [-0.2, -0.15) is 0 Å². The van der Waals surface area contributed by atoms with Gasteiger partial charge in [0.2, 0.25) is 5.91 Å². The fourth-order valence-corrected chi connectivity index (χ4v) is 3.43. The Morgan fingerprint density at radius 2 is 2.25 bits per heavy atom. The Kier molecular flexibility index (Phi) is 6.54. The molecular formula is C11H21ClN2OS. The number of rotatable bonds is 3. The van der Waals surface area contributed by atoms with Gasteiger partial charge < -0.3 is 10.6 Å². The first-order valence-corrected chi connectivity index (χ1v) is 7.01. The number of piperidine rings is 1. The first kappa shape index (κ1) is 14.1. The number of carbonyl (C=O) groups is 1. The van der Waals surface area contributed by atoms with Crippen LogP contribution in [0.15, 0.2) is 0 Å². The van der Waals surface area contributed by atoms with E-state index in [1.807, 2.05) is 11.8 Å². The summed E-state index contributed by atoms with van der Waals surface area (Å²) in [4.78, 5) is 11.7. The van der Waals surface area contributed by atoms with Crippen LogP contribution in [0.1, 0.15) is 25.7 Å². The molecule has 2 unspecified atom stereocenters. The maximum absolute atomic E-state index is 11.7. The molecule has 2 atom stereocenters. The van der Waals surface area contributed by atoms with Gasteiger partial charge >= 0.3 is 0 Å². The van der Waals surface area contributed by atoms with Gasteiger partial charge in [0, 0.05) is 6.54 Å². The van der Waals surface area contributed by atoms with Crippen molar-refractivity contribution in [3.63, 3.8) is 0 Å². The highest BCUT2D eigenvalue weighted by molar-refractivity contribution is 8.00. The van der Waals surface area contributed by atoms with Crippen LogP contribution in [0.2, 0.25) is 0 Å². The Bertz CT molecular complexity index is 216. The molecular weight excluding hydrogens is 244 g/mol. The molecule has 2 rings (SSSR count). The van der Waals surface area contributed by atoms with Crippen molar-refractivity contribution in [2.75, 3.05) is 25.4 Å². The normalized spacial score (nSPS) is 29.5. The van der Waals surface area contributed by atoms with E-state index in [2.05, 4.69) is 10.6 Å². The molecule has 94 valence electrons. The predicted octanol–water partition coefficient (Wildman–Crippen LogP) is 1.42. The largest absolute Gasteiger partial charge is 0.355 e. The van der Waals surface area contributed by atoms with Crippen LogP contribution in [0.25, 0.3) is 0 Å². The average molecular weight is 265 g/mol. The number of hydrogen-bond donors (Lipinski definition) is 2. The Labute approximate surface area is 108 Å². The lowest BCUT2D eigenvalue weighted by atomic mass is 10.00. The summed E-state index contributed by atoms with van der Waals surface area (Å²) in [6.07, 6.45) is 4.77. The summed E-state index contributed by atoms with van der Waals surface area (Å²) in [6.45, 7) is 3.07. The Morgan fingerprint density at radius 1 is 1.38 bits per heavy atom. The van der Waals surface area contributed by atoms with Crippen LogP contribution < -0.4 is 10.6 Å². The molecule has 1 amide bonds. The van der Waals surface area contributed by atoms with Gasteiger partial charge in [0.1, 0.15) is 0 Å². The van der Waals surface area contributed by atoms with E-state index in [0.717, 1.165) is 31.8 Å². The fraction of sp³-hybridized carbons (Fsp3) is 0.909.